The molecule has 3 aromatic carbocycles. The summed E-state index contributed by atoms with van der Waals surface area (Å²) in [5.74, 6) is -2.21. The van der Waals surface area contributed by atoms with Crippen molar-refractivity contribution in [3.05, 3.63) is 82.9 Å². The summed E-state index contributed by atoms with van der Waals surface area (Å²) in [6.45, 7) is 5.82. The molecule has 0 saturated heterocycles. The van der Waals surface area contributed by atoms with Crippen molar-refractivity contribution in [1.29, 1.82) is 0 Å². The van der Waals surface area contributed by atoms with E-state index in [4.69, 9.17) is 0 Å². The van der Waals surface area contributed by atoms with Crippen molar-refractivity contribution >= 4 is 44.8 Å². The molecule has 0 heterocycles. The maximum atomic E-state index is 13.3. The van der Waals surface area contributed by atoms with E-state index in [0.717, 1.165) is 31.4 Å². The summed E-state index contributed by atoms with van der Waals surface area (Å²) in [6.07, 6.45) is -1.71. The Balaban J connectivity index is 1.89. The number of rotatable bonds is 13. The summed E-state index contributed by atoms with van der Waals surface area (Å²) < 4.78 is 68.0. The van der Waals surface area contributed by atoms with Crippen LogP contribution < -0.4 is 20.7 Å². The van der Waals surface area contributed by atoms with E-state index in [1.807, 2.05) is 18.6 Å². The van der Waals surface area contributed by atoms with E-state index in [9.17, 15) is 36.0 Å². The van der Waals surface area contributed by atoms with Gasteiger partial charge in [-0.3, -0.25) is 14.4 Å². The first-order valence-corrected chi connectivity index (χ1v) is 15.6. The summed E-state index contributed by atoms with van der Waals surface area (Å²) in [6, 6.07) is 12.9. The first-order chi connectivity index (χ1) is 20.7. The maximum Gasteiger partial charge on any atom is 0.416 e. The standard InChI is InChI=1S/C31H35F3N4O5S/c1-4-6-7-12-28(39)38-44(42,43)27-11-9-8-10-25(27)36-29(40)21-13-14-24(35-15-5-2)26(19-21)37-30(41)22-16-20(3)17-23(18-22)31(32,33)34/h8-11,13-14,16-19,35H,4-7,12,15H2,1-3H3,(H,36,40)(H,37,41)(H,38,39). The fourth-order valence-electron chi connectivity index (χ4n) is 4.27. The number of alkyl halides is 3. The molecule has 0 aliphatic carbocycles. The molecule has 236 valence electrons. The number of hydrogen-bond acceptors (Lipinski definition) is 6. The van der Waals surface area contributed by atoms with Crippen molar-refractivity contribution < 1.29 is 36.0 Å². The summed E-state index contributed by atoms with van der Waals surface area (Å²) in [7, 11) is -4.31. The lowest BCUT2D eigenvalue weighted by molar-refractivity contribution is -0.137. The van der Waals surface area contributed by atoms with Crippen LogP contribution in [0, 0.1) is 6.92 Å². The quantitative estimate of drug-likeness (QED) is 0.155. The van der Waals surface area contributed by atoms with Crippen molar-refractivity contribution in [1.82, 2.24) is 4.72 Å². The first-order valence-electron chi connectivity index (χ1n) is 14.1. The van der Waals surface area contributed by atoms with Gasteiger partial charge in [-0.2, -0.15) is 13.2 Å². The molecular formula is C31H35F3N4O5S. The molecule has 44 heavy (non-hydrogen) atoms. The zero-order chi connectivity index (χ0) is 32.5. The third-order valence-electron chi connectivity index (χ3n) is 6.44. The van der Waals surface area contributed by atoms with Gasteiger partial charge in [0.2, 0.25) is 5.91 Å². The van der Waals surface area contributed by atoms with Crippen LogP contribution in [0.25, 0.3) is 0 Å². The van der Waals surface area contributed by atoms with Crippen molar-refractivity contribution in [2.45, 2.75) is 63.9 Å². The lowest BCUT2D eigenvalue weighted by atomic mass is 10.0. The molecule has 3 amide bonds. The number of hydrogen-bond donors (Lipinski definition) is 4. The minimum absolute atomic E-state index is 0.0263. The molecule has 0 aliphatic rings. The second-order valence-electron chi connectivity index (χ2n) is 10.2. The molecular weight excluding hydrogens is 597 g/mol. The average molecular weight is 633 g/mol. The third kappa shape index (κ3) is 9.30. The maximum absolute atomic E-state index is 13.3. The minimum atomic E-state index is -4.64. The zero-order valence-corrected chi connectivity index (χ0v) is 25.4. The van der Waals surface area contributed by atoms with E-state index in [2.05, 4.69) is 16.0 Å². The van der Waals surface area contributed by atoms with Gasteiger partial charge < -0.3 is 16.0 Å². The van der Waals surface area contributed by atoms with E-state index < -0.39 is 39.5 Å². The Bertz CT molecular complexity index is 1620. The second kappa shape index (κ2) is 14.9. The number of carbonyl (C=O) groups excluding carboxylic acids is 3. The topological polar surface area (TPSA) is 133 Å². The predicted molar refractivity (Wildman–Crippen MR) is 163 cm³/mol. The molecule has 0 radical (unpaired) electrons. The predicted octanol–water partition coefficient (Wildman–Crippen LogP) is 6.73. The SMILES string of the molecule is CCCCCC(=O)NS(=O)(=O)c1ccccc1NC(=O)c1ccc(NCCC)c(NC(=O)c2cc(C)cc(C(F)(F)F)c2)c1. The van der Waals surface area contributed by atoms with Crippen LogP contribution in [0.3, 0.4) is 0 Å². The van der Waals surface area contributed by atoms with Crippen LogP contribution in [0.1, 0.15) is 77.8 Å². The average Bonchev–Trinajstić information content (AvgIpc) is 2.95. The van der Waals surface area contributed by atoms with Gasteiger partial charge in [0.15, 0.2) is 0 Å². The number of carbonyl (C=O) groups is 3. The molecule has 0 fully saturated rings. The smallest absolute Gasteiger partial charge is 0.383 e. The number of aryl methyl sites for hydroxylation is 1. The molecule has 3 rings (SSSR count). The molecule has 0 spiro atoms. The van der Waals surface area contributed by atoms with Crippen LogP contribution in [0.4, 0.5) is 30.2 Å². The zero-order valence-electron chi connectivity index (χ0n) is 24.6. The fourth-order valence-corrected chi connectivity index (χ4v) is 5.44. The number of para-hydroxylation sites is 1. The molecule has 0 bridgehead atoms. The van der Waals surface area contributed by atoms with Crippen molar-refractivity contribution in [3.8, 4) is 0 Å². The summed E-state index contributed by atoms with van der Waals surface area (Å²) in [5.41, 5.74) is -0.438. The van der Waals surface area contributed by atoms with E-state index in [0.29, 0.717) is 18.7 Å². The van der Waals surface area contributed by atoms with Crippen LogP contribution in [0.15, 0.2) is 65.6 Å². The summed E-state index contributed by atoms with van der Waals surface area (Å²) in [5, 5.41) is 8.23. The molecule has 0 unspecified atom stereocenters. The van der Waals surface area contributed by atoms with Gasteiger partial charge in [0.25, 0.3) is 21.8 Å². The molecule has 3 aromatic rings. The Labute approximate surface area is 254 Å². The van der Waals surface area contributed by atoms with E-state index in [1.165, 1.54) is 55.5 Å². The number of sulfonamides is 1. The lowest BCUT2D eigenvalue weighted by Crippen LogP contribution is -2.31. The van der Waals surface area contributed by atoms with Crippen LogP contribution in [-0.2, 0) is 21.0 Å². The Hall–Kier alpha value is -4.39. The Morgan fingerprint density at radius 1 is 0.773 bits per heavy atom. The lowest BCUT2D eigenvalue weighted by Gasteiger charge is -2.16. The van der Waals surface area contributed by atoms with Crippen LogP contribution in [0.5, 0.6) is 0 Å². The monoisotopic (exact) mass is 632 g/mol. The third-order valence-corrected chi connectivity index (χ3v) is 7.87. The van der Waals surface area contributed by atoms with Crippen LogP contribution in [0.2, 0.25) is 0 Å². The van der Waals surface area contributed by atoms with E-state index >= 15 is 0 Å². The first kappa shape index (κ1) is 34.1. The molecule has 0 saturated carbocycles. The van der Waals surface area contributed by atoms with Crippen molar-refractivity contribution in [2.24, 2.45) is 0 Å². The molecule has 9 nitrogen and oxygen atoms in total. The molecule has 13 heteroatoms. The largest absolute Gasteiger partial charge is 0.416 e. The minimum Gasteiger partial charge on any atom is -0.383 e. The fraction of sp³-hybridized carbons (Fsp3) is 0.323. The van der Waals surface area contributed by atoms with Gasteiger partial charge >= 0.3 is 6.18 Å². The van der Waals surface area contributed by atoms with Gasteiger partial charge in [0.05, 0.1) is 22.6 Å². The van der Waals surface area contributed by atoms with E-state index in [-0.39, 0.29) is 39.4 Å². The van der Waals surface area contributed by atoms with Gasteiger partial charge in [-0.25, -0.2) is 13.1 Å². The second-order valence-corrected chi connectivity index (χ2v) is 11.8. The normalized spacial score (nSPS) is 11.5. The van der Waals surface area contributed by atoms with E-state index in [1.54, 1.807) is 0 Å². The van der Waals surface area contributed by atoms with Gasteiger partial charge in [-0.1, -0.05) is 38.8 Å². The van der Waals surface area contributed by atoms with Gasteiger partial charge in [0, 0.05) is 24.1 Å². The van der Waals surface area contributed by atoms with Crippen molar-refractivity contribution in [3.63, 3.8) is 0 Å². The molecule has 0 atom stereocenters. The summed E-state index contributed by atoms with van der Waals surface area (Å²) in [4.78, 5) is 38.2. The Kier molecular flexibility index (Phi) is 11.5. The highest BCUT2D eigenvalue weighted by Gasteiger charge is 2.31. The number of unbranched alkanes of at least 4 members (excludes halogenated alkanes) is 2. The van der Waals surface area contributed by atoms with Gasteiger partial charge in [-0.05, 0) is 73.9 Å². The highest BCUT2D eigenvalue weighted by Crippen LogP contribution is 2.31. The number of nitrogens with one attached hydrogen (secondary N) is 4. The number of halogens is 3. The van der Waals surface area contributed by atoms with Crippen LogP contribution in [-0.4, -0.2) is 32.7 Å². The molecule has 0 aromatic heterocycles. The number of benzene rings is 3. The summed E-state index contributed by atoms with van der Waals surface area (Å²) >= 11 is 0. The highest BCUT2D eigenvalue weighted by molar-refractivity contribution is 7.90. The van der Waals surface area contributed by atoms with Crippen LogP contribution >= 0.6 is 0 Å². The number of anilines is 3. The van der Waals surface area contributed by atoms with Gasteiger partial charge in [0.1, 0.15) is 4.90 Å². The Morgan fingerprint density at radius 3 is 2.14 bits per heavy atom. The number of amides is 3. The van der Waals surface area contributed by atoms with Crippen molar-refractivity contribution in [2.75, 3.05) is 22.5 Å². The highest BCUT2D eigenvalue weighted by atomic mass is 32.2. The molecule has 0 aliphatic heterocycles. The van der Waals surface area contributed by atoms with Gasteiger partial charge in [-0.15, -0.1) is 0 Å². The Morgan fingerprint density at radius 2 is 1.45 bits per heavy atom. The molecule has 4 N–H and O–H groups in total.